The molecule has 4 fully saturated rings. The van der Waals surface area contributed by atoms with Gasteiger partial charge >= 0.3 is 0 Å². The average Bonchev–Trinajstić information content (AvgIpc) is 2.77. The number of carbonyl (C=O) groups excluding carboxylic acids is 1. The van der Waals surface area contributed by atoms with Crippen LogP contribution in [0.3, 0.4) is 0 Å². The van der Waals surface area contributed by atoms with Gasteiger partial charge in [-0.15, -0.1) is 0 Å². The fraction of sp³-hybridized carbons (Fsp3) is 0.947. The maximum absolute atomic E-state index is 11.9. The zero-order chi connectivity index (χ0) is 15.8. The quantitative estimate of drug-likeness (QED) is 0.723. The smallest absolute Gasteiger partial charge is 0.133 e. The Bertz CT molecular complexity index is 503. The second kappa shape index (κ2) is 4.57. The Morgan fingerprint density at radius 2 is 1.73 bits per heavy atom. The number of rotatable bonds is 0. The SMILES string of the molecule is C[C@]12CC[C@@]3(O)[C@@H](CC[C@H]4CC(=O)CC[C@@]43C)[C@@H]1CC[C@@H]2O. The van der Waals surface area contributed by atoms with Crippen LogP contribution >= 0.6 is 0 Å². The van der Waals surface area contributed by atoms with E-state index in [0.29, 0.717) is 36.4 Å². The number of aliphatic hydroxyl groups excluding tert-OH is 1. The van der Waals surface area contributed by atoms with Gasteiger partial charge in [-0.25, -0.2) is 0 Å². The van der Waals surface area contributed by atoms with Gasteiger partial charge in [0.2, 0.25) is 0 Å². The highest BCUT2D eigenvalue weighted by Gasteiger charge is 2.66. The molecule has 0 saturated heterocycles. The minimum absolute atomic E-state index is 0.00454. The van der Waals surface area contributed by atoms with Crippen molar-refractivity contribution < 1.29 is 15.0 Å². The maximum Gasteiger partial charge on any atom is 0.133 e. The molecule has 4 aliphatic carbocycles. The summed E-state index contributed by atoms with van der Waals surface area (Å²) in [4.78, 5) is 11.9. The summed E-state index contributed by atoms with van der Waals surface area (Å²) in [6.45, 7) is 4.50. The van der Waals surface area contributed by atoms with Crippen LogP contribution in [0.2, 0.25) is 0 Å². The summed E-state index contributed by atoms with van der Waals surface area (Å²) in [5.74, 6) is 1.53. The van der Waals surface area contributed by atoms with Crippen molar-refractivity contribution in [2.75, 3.05) is 0 Å². The molecule has 4 aliphatic rings. The van der Waals surface area contributed by atoms with Gasteiger partial charge in [0.25, 0.3) is 0 Å². The Labute approximate surface area is 133 Å². The summed E-state index contributed by atoms with van der Waals surface area (Å²) in [5.41, 5.74) is -0.714. The van der Waals surface area contributed by atoms with E-state index in [2.05, 4.69) is 13.8 Å². The van der Waals surface area contributed by atoms with Crippen LogP contribution in [-0.2, 0) is 4.79 Å². The minimum Gasteiger partial charge on any atom is -0.393 e. The summed E-state index contributed by atoms with van der Waals surface area (Å²) < 4.78 is 0. The second-order valence-corrected chi connectivity index (χ2v) is 9.17. The van der Waals surface area contributed by atoms with Crippen LogP contribution < -0.4 is 0 Å². The van der Waals surface area contributed by atoms with Crippen molar-refractivity contribution in [3.05, 3.63) is 0 Å². The largest absolute Gasteiger partial charge is 0.393 e. The van der Waals surface area contributed by atoms with Crippen molar-refractivity contribution >= 4 is 5.78 Å². The molecule has 0 radical (unpaired) electrons. The van der Waals surface area contributed by atoms with E-state index in [1.807, 2.05) is 0 Å². The predicted molar refractivity (Wildman–Crippen MR) is 84.2 cm³/mol. The highest BCUT2D eigenvalue weighted by molar-refractivity contribution is 5.79. The van der Waals surface area contributed by atoms with Crippen molar-refractivity contribution in [3.8, 4) is 0 Å². The van der Waals surface area contributed by atoms with Crippen LogP contribution in [0.4, 0.5) is 0 Å². The number of fused-ring (bicyclic) bond motifs is 5. The molecule has 0 bridgehead atoms. The van der Waals surface area contributed by atoms with Gasteiger partial charge in [-0.2, -0.15) is 0 Å². The summed E-state index contributed by atoms with van der Waals surface area (Å²) in [7, 11) is 0. The Balaban J connectivity index is 1.71. The third-order valence-corrected chi connectivity index (χ3v) is 8.62. The summed E-state index contributed by atoms with van der Waals surface area (Å²) in [6, 6.07) is 0. The summed E-state index contributed by atoms with van der Waals surface area (Å²) in [6.07, 6.45) is 7.80. The number of carbonyl (C=O) groups is 1. The number of aliphatic hydroxyl groups is 2. The molecular formula is C19H30O3. The lowest BCUT2D eigenvalue weighted by atomic mass is 9.43. The van der Waals surface area contributed by atoms with Crippen molar-refractivity contribution in [2.45, 2.75) is 83.3 Å². The van der Waals surface area contributed by atoms with Crippen LogP contribution in [0, 0.1) is 28.6 Å². The molecule has 0 heterocycles. The molecule has 0 unspecified atom stereocenters. The molecule has 0 aromatic carbocycles. The third-order valence-electron chi connectivity index (χ3n) is 8.62. The van der Waals surface area contributed by atoms with Crippen molar-refractivity contribution in [3.63, 3.8) is 0 Å². The van der Waals surface area contributed by atoms with E-state index in [1.165, 1.54) is 0 Å². The van der Waals surface area contributed by atoms with Gasteiger partial charge in [-0.1, -0.05) is 13.8 Å². The lowest BCUT2D eigenvalue weighted by molar-refractivity contribution is -0.235. The predicted octanol–water partition coefficient (Wildman–Crippen LogP) is 3.07. The van der Waals surface area contributed by atoms with Crippen molar-refractivity contribution in [1.29, 1.82) is 0 Å². The fourth-order valence-electron chi connectivity index (χ4n) is 6.96. The molecule has 0 spiro atoms. The second-order valence-electron chi connectivity index (χ2n) is 9.17. The lowest BCUT2D eigenvalue weighted by Crippen LogP contribution is -2.65. The van der Waals surface area contributed by atoms with E-state index in [0.717, 1.165) is 44.9 Å². The molecule has 3 heteroatoms. The number of ketones is 1. The Morgan fingerprint density at radius 1 is 1.00 bits per heavy atom. The Hall–Kier alpha value is -0.410. The normalized spacial score (nSPS) is 57.9. The van der Waals surface area contributed by atoms with Crippen LogP contribution in [0.5, 0.6) is 0 Å². The van der Waals surface area contributed by atoms with Gasteiger partial charge in [0.15, 0.2) is 0 Å². The zero-order valence-corrected chi connectivity index (χ0v) is 14.0. The minimum atomic E-state index is -0.620. The fourth-order valence-corrected chi connectivity index (χ4v) is 6.96. The van der Waals surface area contributed by atoms with Crippen LogP contribution in [0.15, 0.2) is 0 Å². The van der Waals surface area contributed by atoms with E-state index < -0.39 is 5.60 Å². The molecule has 4 rings (SSSR count). The van der Waals surface area contributed by atoms with E-state index in [-0.39, 0.29) is 16.9 Å². The molecular weight excluding hydrogens is 276 g/mol. The van der Waals surface area contributed by atoms with E-state index in [1.54, 1.807) is 0 Å². The van der Waals surface area contributed by atoms with Gasteiger partial charge in [0.05, 0.1) is 11.7 Å². The molecule has 0 aromatic heterocycles. The number of Topliss-reactive ketones (excluding diaryl/α,β-unsaturated/α-hetero) is 1. The van der Waals surface area contributed by atoms with Gasteiger partial charge in [-0.3, -0.25) is 4.79 Å². The number of hydrogen-bond acceptors (Lipinski definition) is 3. The first-order valence-corrected chi connectivity index (χ1v) is 9.23. The molecule has 124 valence electrons. The highest BCUT2D eigenvalue weighted by atomic mass is 16.3. The first kappa shape index (κ1) is 15.1. The topological polar surface area (TPSA) is 57.5 Å². The zero-order valence-electron chi connectivity index (χ0n) is 14.0. The van der Waals surface area contributed by atoms with Gasteiger partial charge in [0.1, 0.15) is 5.78 Å². The molecule has 0 aliphatic heterocycles. The molecule has 3 nitrogen and oxygen atoms in total. The molecule has 4 saturated carbocycles. The monoisotopic (exact) mass is 306 g/mol. The lowest BCUT2D eigenvalue weighted by Gasteiger charge is -2.64. The molecule has 22 heavy (non-hydrogen) atoms. The van der Waals surface area contributed by atoms with E-state index >= 15 is 0 Å². The van der Waals surface area contributed by atoms with Crippen LogP contribution in [0.25, 0.3) is 0 Å². The van der Waals surface area contributed by atoms with Crippen LogP contribution in [0.1, 0.15) is 71.6 Å². The number of hydrogen-bond donors (Lipinski definition) is 2. The van der Waals surface area contributed by atoms with Gasteiger partial charge in [0, 0.05) is 18.3 Å². The first-order chi connectivity index (χ1) is 10.3. The average molecular weight is 306 g/mol. The molecule has 7 atom stereocenters. The molecule has 0 aromatic rings. The van der Waals surface area contributed by atoms with E-state index in [4.69, 9.17) is 0 Å². The maximum atomic E-state index is 11.9. The van der Waals surface area contributed by atoms with Gasteiger partial charge in [-0.05, 0) is 68.1 Å². The third kappa shape index (κ3) is 1.67. The Kier molecular flexibility index (Phi) is 3.14. The van der Waals surface area contributed by atoms with Crippen molar-refractivity contribution in [1.82, 2.24) is 0 Å². The van der Waals surface area contributed by atoms with Gasteiger partial charge < -0.3 is 10.2 Å². The van der Waals surface area contributed by atoms with E-state index in [9.17, 15) is 15.0 Å². The highest BCUT2D eigenvalue weighted by Crippen LogP contribution is 2.67. The standard InChI is InChI=1S/C19H30O3/c1-17-9-10-19(22)15(14(17)5-6-16(17)21)4-3-12-11-13(20)7-8-18(12,19)2/h12,14-16,21-22H,3-11H2,1-2H3/t12-,14-,15-,16-,17-,18-,19+/m0/s1. The molecule has 0 amide bonds. The molecule has 2 N–H and O–H groups in total. The Morgan fingerprint density at radius 3 is 2.50 bits per heavy atom. The first-order valence-electron chi connectivity index (χ1n) is 9.23. The summed E-state index contributed by atoms with van der Waals surface area (Å²) in [5, 5.41) is 22.2. The van der Waals surface area contributed by atoms with Crippen molar-refractivity contribution in [2.24, 2.45) is 28.6 Å². The van der Waals surface area contributed by atoms with Crippen LogP contribution in [-0.4, -0.2) is 27.7 Å². The summed E-state index contributed by atoms with van der Waals surface area (Å²) >= 11 is 0.